The van der Waals surface area contributed by atoms with Gasteiger partial charge in [0.15, 0.2) is 0 Å². The molecular formula is C33H51N3O2. The summed E-state index contributed by atoms with van der Waals surface area (Å²) in [4.78, 5) is 24.3. The number of amides is 2. The number of benzene rings is 2. The van der Waals surface area contributed by atoms with Crippen LogP contribution in [0.3, 0.4) is 0 Å². The first kappa shape index (κ1) is 31.4. The zero-order valence-corrected chi connectivity index (χ0v) is 23.7. The van der Waals surface area contributed by atoms with Crippen molar-refractivity contribution in [3.8, 4) is 0 Å². The second-order valence-electron chi connectivity index (χ2n) is 10.4. The minimum absolute atomic E-state index is 0.00237. The van der Waals surface area contributed by atoms with Gasteiger partial charge in [-0.1, -0.05) is 121 Å². The van der Waals surface area contributed by atoms with Crippen molar-refractivity contribution < 1.29 is 9.59 Å². The Morgan fingerprint density at radius 2 is 1.13 bits per heavy atom. The van der Waals surface area contributed by atoms with E-state index in [4.69, 9.17) is 0 Å². The topological polar surface area (TPSA) is 70.2 Å². The van der Waals surface area contributed by atoms with Gasteiger partial charge in [-0.2, -0.15) is 0 Å². The molecule has 0 aliphatic heterocycles. The molecule has 0 atom stereocenters. The number of unbranched alkanes of at least 4 members (excludes halogenated alkanes) is 13. The molecule has 2 rings (SSSR count). The van der Waals surface area contributed by atoms with Crippen molar-refractivity contribution in [1.82, 2.24) is 5.32 Å². The molecule has 0 spiro atoms. The molecule has 210 valence electrons. The number of rotatable bonds is 22. The highest BCUT2D eigenvalue weighted by Crippen LogP contribution is 2.15. The molecule has 38 heavy (non-hydrogen) atoms. The molecule has 0 aromatic heterocycles. The van der Waals surface area contributed by atoms with Crippen LogP contribution in [0.1, 0.15) is 109 Å². The van der Waals surface area contributed by atoms with E-state index >= 15 is 0 Å². The van der Waals surface area contributed by atoms with E-state index in [1.54, 1.807) is 0 Å². The predicted molar refractivity (Wildman–Crippen MR) is 162 cm³/mol. The lowest BCUT2D eigenvalue weighted by molar-refractivity contribution is -0.119. The fourth-order valence-electron chi connectivity index (χ4n) is 4.59. The monoisotopic (exact) mass is 521 g/mol. The third-order valence-electron chi connectivity index (χ3n) is 6.96. The smallest absolute Gasteiger partial charge is 0.239 e. The first-order chi connectivity index (χ1) is 18.7. The Bertz CT molecular complexity index is 868. The van der Waals surface area contributed by atoms with Crippen LogP contribution in [0, 0.1) is 0 Å². The van der Waals surface area contributed by atoms with Gasteiger partial charge in [0.25, 0.3) is 0 Å². The second kappa shape index (κ2) is 21.2. The fraction of sp³-hybridized carbons (Fsp3) is 0.576. The van der Waals surface area contributed by atoms with E-state index in [9.17, 15) is 9.59 Å². The summed E-state index contributed by atoms with van der Waals surface area (Å²) in [5.74, 6) is 0.00965. The summed E-state index contributed by atoms with van der Waals surface area (Å²) in [6.45, 7) is 3.27. The molecule has 0 aliphatic carbocycles. The zero-order chi connectivity index (χ0) is 27.1. The summed E-state index contributed by atoms with van der Waals surface area (Å²) < 4.78 is 0. The Hall–Kier alpha value is -2.82. The van der Waals surface area contributed by atoms with Gasteiger partial charge < -0.3 is 16.0 Å². The second-order valence-corrected chi connectivity index (χ2v) is 10.4. The number of aryl methyl sites for hydroxylation is 1. The zero-order valence-electron chi connectivity index (χ0n) is 23.7. The quantitative estimate of drug-likeness (QED) is 0.137. The van der Waals surface area contributed by atoms with Gasteiger partial charge in [-0.25, -0.2) is 0 Å². The van der Waals surface area contributed by atoms with E-state index in [0.29, 0.717) is 6.42 Å². The lowest BCUT2D eigenvalue weighted by Gasteiger charge is -2.09. The Balaban J connectivity index is 1.41. The van der Waals surface area contributed by atoms with Crippen molar-refractivity contribution in [1.29, 1.82) is 0 Å². The summed E-state index contributed by atoms with van der Waals surface area (Å²) in [6, 6.07) is 17.5. The van der Waals surface area contributed by atoms with Crippen LogP contribution in [0.4, 0.5) is 11.4 Å². The van der Waals surface area contributed by atoms with Crippen molar-refractivity contribution in [3.05, 3.63) is 60.2 Å². The van der Waals surface area contributed by atoms with Crippen molar-refractivity contribution in [2.45, 2.75) is 110 Å². The van der Waals surface area contributed by atoms with Crippen molar-refractivity contribution in [2.75, 3.05) is 23.7 Å². The van der Waals surface area contributed by atoms with Gasteiger partial charge in [-0.3, -0.25) is 9.59 Å². The van der Waals surface area contributed by atoms with E-state index < -0.39 is 0 Å². The van der Waals surface area contributed by atoms with Gasteiger partial charge in [-0.15, -0.1) is 0 Å². The van der Waals surface area contributed by atoms with E-state index in [-0.39, 0.29) is 18.4 Å². The Morgan fingerprint density at radius 1 is 0.605 bits per heavy atom. The highest BCUT2D eigenvalue weighted by molar-refractivity contribution is 5.91. The first-order valence-corrected chi connectivity index (χ1v) is 15.1. The molecule has 0 unspecified atom stereocenters. The third kappa shape index (κ3) is 16.1. The lowest BCUT2D eigenvalue weighted by Crippen LogP contribution is -2.30. The first-order valence-electron chi connectivity index (χ1n) is 15.1. The molecule has 5 nitrogen and oxygen atoms in total. The normalized spacial score (nSPS) is 10.8. The van der Waals surface area contributed by atoms with Gasteiger partial charge >= 0.3 is 0 Å². The fourth-order valence-corrected chi connectivity index (χ4v) is 4.59. The Morgan fingerprint density at radius 3 is 1.71 bits per heavy atom. The molecule has 0 heterocycles. The van der Waals surface area contributed by atoms with Crippen molar-refractivity contribution in [2.24, 2.45) is 0 Å². The van der Waals surface area contributed by atoms with Crippen LogP contribution in [0.2, 0.25) is 0 Å². The average Bonchev–Trinajstić information content (AvgIpc) is 2.94. The van der Waals surface area contributed by atoms with Gasteiger partial charge in [0.2, 0.25) is 11.8 Å². The minimum atomic E-state index is -0.00237. The van der Waals surface area contributed by atoms with Gasteiger partial charge in [0, 0.05) is 24.3 Å². The molecule has 0 saturated carbocycles. The third-order valence-corrected chi connectivity index (χ3v) is 6.96. The average molecular weight is 522 g/mol. The molecule has 0 aliphatic rings. The number of hydrogen-bond acceptors (Lipinski definition) is 3. The van der Waals surface area contributed by atoms with E-state index in [1.165, 1.54) is 83.5 Å². The van der Waals surface area contributed by atoms with Crippen LogP contribution < -0.4 is 16.0 Å². The SMILES string of the molecule is CCCCCCCCCCCCCCCCNC(=O)CNc1ccc(NC(=O)CCc2ccccc2)cc1. The molecule has 0 bridgehead atoms. The molecule has 0 saturated heterocycles. The number of carbonyl (C=O) groups excluding carboxylic acids is 2. The summed E-state index contributed by atoms with van der Waals surface area (Å²) in [5.41, 5.74) is 2.78. The van der Waals surface area contributed by atoms with E-state index in [2.05, 4.69) is 22.9 Å². The largest absolute Gasteiger partial charge is 0.376 e. The van der Waals surface area contributed by atoms with Crippen LogP contribution in [-0.2, 0) is 16.0 Å². The van der Waals surface area contributed by atoms with Gasteiger partial charge in [-0.05, 0) is 42.7 Å². The lowest BCUT2D eigenvalue weighted by atomic mass is 10.0. The number of hydrogen-bond donors (Lipinski definition) is 3. The highest BCUT2D eigenvalue weighted by atomic mass is 16.2. The van der Waals surface area contributed by atoms with Crippen LogP contribution in [0.15, 0.2) is 54.6 Å². The van der Waals surface area contributed by atoms with Gasteiger partial charge in [0.1, 0.15) is 0 Å². The van der Waals surface area contributed by atoms with Crippen LogP contribution in [0.5, 0.6) is 0 Å². The van der Waals surface area contributed by atoms with Crippen LogP contribution in [0.25, 0.3) is 0 Å². The van der Waals surface area contributed by atoms with Crippen LogP contribution in [-0.4, -0.2) is 24.9 Å². The maximum absolute atomic E-state index is 12.2. The Kier molecular flexibility index (Phi) is 17.5. The van der Waals surface area contributed by atoms with Gasteiger partial charge in [0.05, 0.1) is 6.54 Å². The Labute approximate surface area is 231 Å². The maximum Gasteiger partial charge on any atom is 0.239 e. The molecule has 5 heteroatoms. The number of nitrogens with one attached hydrogen (secondary N) is 3. The molecule has 2 amide bonds. The van der Waals surface area contributed by atoms with E-state index in [1.807, 2.05) is 54.6 Å². The molecular weight excluding hydrogens is 470 g/mol. The summed E-state index contributed by atoms with van der Waals surface area (Å²) in [7, 11) is 0. The molecule has 0 fully saturated rings. The van der Waals surface area contributed by atoms with Crippen LogP contribution >= 0.6 is 0 Å². The molecule has 2 aromatic carbocycles. The predicted octanol–water partition coefficient (Wildman–Crippen LogP) is 8.27. The minimum Gasteiger partial charge on any atom is -0.376 e. The highest BCUT2D eigenvalue weighted by Gasteiger charge is 2.05. The molecule has 2 aromatic rings. The molecule has 3 N–H and O–H groups in total. The van der Waals surface area contributed by atoms with Crippen molar-refractivity contribution in [3.63, 3.8) is 0 Å². The van der Waals surface area contributed by atoms with E-state index in [0.717, 1.165) is 36.3 Å². The standard InChI is InChI=1S/C33H51N3O2/c1-2-3-4-5-6-7-8-9-10-11-12-13-14-18-27-34-33(38)28-35-30-22-24-31(25-23-30)36-32(37)26-21-29-19-16-15-17-20-29/h15-17,19-20,22-25,35H,2-14,18,21,26-28H2,1H3,(H,34,38)(H,36,37). The van der Waals surface area contributed by atoms with Crippen molar-refractivity contribution >= 4 is 23.2 Å². The number of carbonyl (C=O) groups is 2. The summed E-state index contributed by atoms with van der Waals surface area (Å²) in [5, 5.41) is 9.08. The summed E-state index contributed by atoms with van der Waals surface area (Å²) in [6.07, 6.45) is 19.9. The molecule has 0 radical (unpaired) electrons. The maximum atomic E-state index is 12.2. The summed E-state index contributed by atoms with van der Waals surface area (Å²) >= 11 is 0. The number of anilines is 2.